The van der Waals surface area contributed by atoms with Crippen LogP contribution in [0.1, 0.15) is 56.9 Å². The summed E-state index contributed by atoms with van der Waals surface area (Å²) in [7, 11) is 0. The van der Waals surface area contributed by atoms with E-state index in [9.17, 15) is 4.79 Å². The predicted octanol–water partition coefficient (Wildman–Crippen LogP) is 2.37. The predicted molar refractivity (Wildman–Crippen MR) is 75.6 cm³/mol. The van der Waals surface area contributed by atoms with Crippen molar-refractivity contribution in [1.29, 1.82) is 0 Å². The van der Waals surface area contributed by atoms with Crippen LogP contribution in [0.5, 0.6) is 0 Å². The molecular weight excluding hydrogens is 268 g/mol. The Bertz CT molecular complexity index is 540. The summed E-state index contributed by atoms with van der Waals surface area (Å²) in [4.78, 5) is 16.3. The van der Waals surface area contributed by atoms with Crippen LogP contribution in [0.15, 0.2) is 4.42 Å². The van der Waals surface area contributed by atoms with Crippen LogP contribution in [0.3, 0.4) is 0 Å². The van der Waals surface area contributed by atoms with Gasteiger partial charge < -0.3 is 14.2 Å². The molecule has 0 radical (unpaired) electrons. The van der Waals surface area contributed by atoms with E-state index >= 15 is 0 Å². The number of urea groups is 1. The molecule has 3 aliphatic rings. The molecule has 0 aromatic carbocycles. The number of nitrogens with zero attached hydrogens (tertiary/aromatic N) is 4. The molecule has 2 atom stereocenters. The van der Waals surface area contributed by atoms with Crippen LogP contribution in [0, 0.1) is 5.92 Å². The molecule has 2 bridgehead atoms. The van der Waals surface area contributed by atoms with E-state index in [1.807, 2.05) is 16.7 Å². The first-order valence-electron chi connectivity index (χ1n) is 8.15. The molecule has 21 heavy (non-hydrogen) atoms. The summed E-state index contributed by atoms with van der Waals surface area (Å²) in [6.45, 7) is 3.62. The highest BCUT2D eigenvalue weighted by atomic mass is 16.4. The van der Waals surface area contributed by atoms with Crippen molar-refractivity contribution in [2.24, 2.45) is 5.92 Å². The Morgan fingerprint density at radius 1 is 1.24 bits per heavy atom. The summed E-state index contributed by atoms with van der Waals surface area (Å²) >= 11 is 0. The number of likely N-dealkylation sites (N-methyl/N-ethyl adjacent to an activating group) is 1. The highest BCUT2D eigenvalue weighted by Crippen LogP contribution is 2.38. The van der Waals surface area contributed by atoms with Crippen LogP contribution in [0.2, 0.25) is 0 Å². The zero-order chi connectivity index (χ0) is 14.4. The first kappa shape index (κ1) is 13.1. The van der Waals surface area contributed by atoms with Gasteiger partial charge >= 0.3 is 6.03 Å². The van der Waals surface area contributed by atoms with Crippen molar-refractivity contribution in [3.63, 3.8) is 0 Å². The van der Waals surface area contributed by atoms with Crippen molar-refractivity contribution in [2.45, 2.75) is 57.5 Å². The Morgan fingerprint density at radius 2 is 2.10 bits per heavy atom. The van der Waals surface area contributed by atoms with Crippen molar-refractivity contribution in [1.82, 2.24) is 20.0 Å². The van der Waals surface area contributed by atoms with Gasteiger partial charge in [0.25, 0.3) is 0 Å². The molecule has 4 rings (SSSR count). The molecule has 1 aromatic rings. The van der Waals surface area contributed by atoms with E-state index < -0.39 is 0 Å². The van der Waals surface area contributed by atoms with E-state index in [2.05, 4.69) is 10.2 Å². The number of carbonyl (C=O) groups is 1. The molecule has 2 aliphatic heterocycles. The number of amides is 2. The molecule has 3 heterocycles. The molecule has 3 fully saturated rings. The minimum atomic E-state index is -0.0204. The van der Waals surface area contributed by atoms with Crippen LogP contribution < -0.4 is 0 Å². The van der Waals surface area contributed by atoms with E-state index in [4.69, 9.17) is 4.42 Å². The second-order valence-corrected chi connectivity index (χ2v) is 6.50. The van der Waals surface area contributed by atoms with Crippen LogP contribution in [-0.4, -0.2) is 45.2 Å². The Morgan fingerprint density at radius 3 is 2.81 bits per heavy atom. The lowest BCUT2D eigenvalue weighted by Gasteiger charge is -2.28. The molecular formula is C15H22N4O2. The first-order valence-corrected chi connectivity index (χ1v) is 8.15. The molecule has 6 heteroatoms. The van der Waals surface area contributed by atoms with Gasteiger partial charge in [0.1, 0.15) is 6.04 Å². The lowest BCUT2D eigenvalue weighted by Crippen LogP contribution is -2.34. The third kappa shape index (κ3) is 2.12. The monoisotopic (exact) mass is 290 g/mol. The lowest BCUT2D eigenvalue weighted by molar-refractivity contribution is 0.164. The molecule has 0 unspecified atom stereocenters. The van der Waals surface area contributed by atoms with E-state index in [1.165, 1.54) is 19.3 Å². The van der Waals surface area contributed by atoms with E-state index in [-0.39, 0.29) is 12.1 Å². The molecule has 1 saturated carbocycles. The number of hydrogen-bond donors (Lipinski definition) is 0. The van der Waals surface area contributed by atoms with Crippen molar-refractivity contribution < 1.29 is 9.21 Å². The Balaban J connectivity index is 1.50. The van der Waals surface area contributed by atoms with Crippen LogP contribution in [0.4, 0.5) is 4.79 Å². The highest BCUT2D eigenvalue weighted by Gasteiger charge is 2.45. The van der Waals surface area contributed by atoms with Gasteiger partial charge in [0.05, 0.1) is 6.04 Å². The standard InChI is InChI=1S/C15H22N4O2/c1-2-18-11-6-7-12(19(9-11)15(18)20)14-17-16-13(21-14)8-10-4-3-5-10/h10-12H,2-9H2,1H3/t11-,12+/m1/s1. The number of aromatic nitrogens is 2. The SMILES string of the molecule is CCN1C(=O)N2C[C@H]1CC[C@H]2c1nnc(CC2CCC2)o1. The zero-order valence-electron chi connectivity index (χ0n) is 12.5. The molecule has 0 N–H and O–H groups in total. The van der Waals surface area contributed by atoms with E-state index in [0.29, 0.717) is 11.9 Å². The Kier molecular flexibility index (Phi) is 3.12. The lowest BCUT2D eigenvalue weighted by atomic mass is 9.83. The maximum Gasteiger partial charge on any atom is 0.321 e. The maximum absolute atomic E-state index is 12.4. The second kappa shape index (κ2) is 5.00. The fraction of sp³-hybridized carbons (Fsp3) is 0.800. The zero-order valence-corrected chi connectivity index (χ0v) is 12.5. The largest absolute Gasteiger partial charge is 0.423 e. The number of piperidine rings is 1. The number of rotatable bonds is 4. The molecule has 0 spiro atoms. The van der Waals surface area contributed by atoms with Gasteiger partial charge in [0.2, 0.25) is 11.8 Å². The van der Waals surface area contributed by atoms with Gasteiger partial charge in [0.15, 0.2) is 0 Å². The van der Waals surface area contributed by atoms with Gasteiger partial charge in [-0.2, -0.15) is 0 Å². The minimum absolute atomic E-state index is 0.0204. The van der Waals surface area contributed by atoms with Crippen molar-refractivity contribution >= 4 is 6.03 Å². The van der Waals surface area contributed by atoms with Crippen LogP contribution in [0.25, 0.3) is 0 Å². The fourth-order valence-corrected chi connectivity index (χ4v) is 3.82. The summed E-state index contributed by atoms with van der Waals surface area (Å²) in [5.74, 6) is 2.10. The maximum atomic E-state index is 12.4. The van der Waals surface area contributed by atoms with Gasteiger partial charge in [0, 0.05) is 19.5 Å². The minimum Gasteiger partial charge on any atom is -0.423 e. The Labute approximate surface area is 124 Å². The second-order valence-electron chi connectivity index (χ2n) is 6.50. The quantitative estimate of drug-likeness (QED) is 0.854. The summed E-state index contributed by atoms with van der Waals surface area (Å²) < 4.78 is 5.86. The summed E-state index contributed by atoms with van der Waals surface area (Å²) in [6.07, 6.45) is 6.74. The van der Waals surface area contributed by atoms with Gasteiger partial charge in [-0.3, -0.25) is 0 Å². The molecule has 1 aromatic heterocycles. The van der Waals surface area contributed by atoms with Crippen LogP contribution >= 0.6 is 0 Å². The van der Waals surface area contributed by atoms with Gasteiger partial charge in [-0.25, -0.2) is 4.79 Å². The Hall–Kier alpha value is -1.59. The topological polar surface area (TPSA) is 62.5 Å². The van der Waals surface area contributed by atoms with Crippen molar-refractivity contribution in [3.05, 3.63) is 11.8 Å². The highest BCUT2D eigenvalue weighted by molar-refractivity contribution is 5.78. The summed E-state index contributed by atoms with van der Waals surface area (Å²) in [6, 6.07) is 0.479. The van der Waals surface area contributed by atoms with Crippen molar-refractivity contribution in [3.8, 4) is 0 Å². The molecule has 2 saturated heterocycles. The average Bonchev–Trinajstić information content (AvgIpc) is 3.00. The number of fused-ring (bicyclic) bond motifs is 2. The van der Waals surface area contributed by atoms with Crippen LogP contribution in [-0.2, 0) is 6.42 Å². The number of hydrogen-bond acceptors (Lipinski definition) is 4. The van der Waals surface area contributed by atoms with Gasteiger partial charge in [-0.05, 0) is 38.5 Å². The normalized spacial score (nSPS) is 29.1. The summed E-state index contributed by atoms with van der Waals surface area (Å²) in [5.41, 5.74) is 0. The van der Waals surface area contributed by atoms with Gasteiger partial charge in [-0.15, -0.1) is 10.2 Å². The smallest absolute Gasteiger partial charge is 0.321 e. The molecule has 1 aliphatic carbocycles. The molecule has 114 valence electrons. The first-order chi connectivity index (χ1) is 10.3. The van der Waals surface area contributed by atoms with Gasteiger partial charge in [-0.1, -0.05) is 6.42 Å². The van der Waals surface area contributed by atoms with Crippen molar-refractivity contribution in [2.75, 3.05) is 13.1 Å². The molecule has 2 amide bonds. The average molecular weight is 290 g/mol. The summed E-state index contributed by atoms with van der Waals surface area (Å²) in [5, 5.41) is 8.42. The fourth-order valence-electron chi connectivity index (χ4n) is 3.82. The third-order valence-electron chi connectivity index (χ3n) is 5.29. The van der Waals surface area contributed by atoms with E-state index in [0.717, 1.165) is 44.2 Å². The number of carbonyl (C=O) groups excluding carboxylic acids is 1. The molecule has 6 nitrogen and oxygen atoms in total. The third-order valence-corrected chi connectivity index (χ3v) is 5.29. The van der Waals surface area contributed by atoms with E-state index in [1.54, 1.807) is 0 Å².